The molecule has 0 saturated heterocycles. The Balaban J connectivity index is 4.45. The summed E-state index contributed by atoms with van der Waals surface area (Å²) in [5, 5.41) is 6.10. The van der Waals surface area contributed by atoms with Crippen molar-refractivity contribution >= 4 is 5.91 Å². The molecule has 0 bridgehead atoms. The summed E-state index contributed by atoms with van der Waals surface area (Å²) in [7, 11) is 1.69. The molecule has 1 unspecified atom stereocenters. The van der Waals surface area contributed by atoms with E-state index in [0.717, 1.165) is 19.4 Å². The van der Waals surface area contributed by atoms with Gasteiger partial charge in [0.2, 0.25) is 5.91 Å². The third-order valence-electron chi connectivity index (χ3n) is 2.49. The van der Waals surface area contributed by atoms with Gasteiger partial charge in [-0.25, -0.2) is 0 Å². The number of amides is 1. The zero-order valence-corrected chi connectivity index (χ0v) is 11.0. The number of nitrogens with one attached hydrogen (secondary N) is 2. The highest BCUT2D eigenvalue weighted by molar-refractivity contribution is 5.85. The molecule has 3 nitrogen and oxygen atoms in total. The Morgan fingerprint density at radius 1 is 1.20 bits per heavy atom. The predicted molar refractivity (Wildman–Crippen MR) is 64.8 cm³/mol. The predicted octanol–water partition coefficient (Wildman–Crippen LogP) is 1.93. The van der Waals surface area contributed by atoms with Gasteiger partial charge < -0.3 is 10.6 Å². The molecule has 15 heavy (non-hydrogen) atoms. The molecule has 0 radical (unpaired) electrons. The number of hydrogen-bond acceptors (Lipinski definition) is 2. The van der Waals surface area contributed by atoms with Crippen LogP contribution >= 0.6 is 0 Å². The van der Waals surface area contributed by atoms with E-state index in [1.807, 2.05) is 6.92 Å². The Morgan fingerprint density at radius 2 is 1.73 bits per heavy atom. The van der Waals surface area contributed by atoms with Crippen LogP contribution in [-0.2, 0) is 4.79 Å². The van der Waals surface area contributed by atoms with Crippen molar-refractivity contribution in [1.29, 1.82) is 0 Å². The fraction of sp³-hybridized carbons (Fsp3) is 0.917. The summed E-state index contributed by atoms with van der Waals surface area (Å²) in [6.07, 6.45) is 1.86. The molecule has 1 amide bonds. The first-order valence-corrected chi connectivity index (χ1v) is 5.72. The van der Waals surface area contributed by atoms with E-state index in [-0.39, 0.29) is 11.3 Å². The van der Waals surface area contributed by atoms with E-state index in [1.165, 1.54) is 0 Å². The fourth-order valence-corrected chi connectivity index (χ4v) is 1.52. The Bertz CT molecular complexity index is 208. The molecule has 2 N–H and O–H groups in total. The van der Waals surface area contributed by atoms with Gasteiger partial charge in [0.25, 0.3) is 0 Å². The summed E-state index contributed by atoms with van der Waals surface area (Å²) in [4.78, 5) is 11.8. The highest BCUT2D eigenvalue weighted by Gasteiger charge is 2.31. The normalized spacial score (nSPS) is 15.9. The lowest BCUT2D eigenvalue weighted by molar-refractivity contribution is -0.127. The minimum atomic E-state index is -0.434. The summed E-state index contributed by atoms with van der Waals surface area (Å²) in [5.41, 5.74) is -0.236. The van der Waals surface area contributed by atoms with Crippen LogP contribution in [0.15, 0.2) is 0 Å². The SMILES string of the molecule is CCCC(C)(NCC(C)(C)C)C(=O)NC. The lowest BCUT2D eigenvalue weighted by atomic mass is 9.91. The lowest BCUT2D eigenvalue weighted by Gasteiger charge is -2.32. The first-order chi connectivity index (χ1) is 6.75. The quantitative estimate of drug-likeness (QED) is 0.734. The Hall–Kier alpha value is -0.570. The summed E-state index contributed by atoms with van der Waals surface area (Å²) >= 11 is 0. The van der Waals surface area contributed by atoms with Crippen LogP contribution in [0.25, 0.3) is 0 Å². The minimum Gasteiger partial charge on any atom is -0.358 e. The second kappa shape index (κ2) is 5.50. The average molecular weight is 214 g/mol. The molecule has 0 aromatic carbocycles. The molecule has 90 valence electrons. The molecule has 0 aromatic heterocycles. The van der Waals surface area contributed by atoms with Gasteiger partial charge in [0, 0.05) is 13.6 Å². The van der Waals surface area contributed by atoms with Gasteiger partial charge in [-0.05, 0) is 18.8 Å². The van der Waals surface area contributed by atoms with Gasteiger partial charge in [-0.1, -0.05) is 34.1 Å². The smallest absolute Gasteiger partial charge is 0.239 e. The summed E-state index contributed by atoms with van der Waals surface area (Å²) in [6.45, 7) is 11.4. The molecule has 0 heterocycles. The molecule has 1 atom stereocenters. The second-order valence-electron chi connectivity index (χ2n) is 5.58. The fourth-order valence-electron chi connectivity index (χ4n) is 1.52. The topological polar surface area (TPSA) is 41.1 Å². The highest BCUT2D eigenvalue weighted by atomic mass is 16.2. The lowest BCUT2D eigenvalue weighted by Crippen LogP contribution is -2.55. The maximum atomic E-state index is 11.8. The van der Waals surface area contributed by atoms with E-state index in [4.69, 9.17) is 0 Å². The van der Waals surface area contributed by atoms with Crippen molar-refractivity contribution in [3.63, 3.8) is 0 Å². The van der Waals surface area contributed by atoms with Crippen LogP contribution in [0.4, 0.5) is 0 Å². The summed E-state index contributed by atoms with van der Waals surface area (Å²) < 4.78 is 0. The molecule has 0 rings (SSSR count). The molecular weight excluding hydrogens is 188 g/mol. The summed E-state index contributed by atoms with van der Waals surface area (Å²) in [5.74, 6) is 0.0774. The van der Waals surface area contributed by atoms with E-state index < -0.39 is 5.54 Å². The number of carbonyl (C=O) groups is 1. The molecule has 0 saturated carbocycles. The molecule has 0 aliphatic heterocycles. The van der Waals surface area contributed by atoms with Crippen LogP contribution in [0.1, 0.15) is 47.5 Å². The van der Waals surface area contributed by atoms with E-state index >= 15 is 0 Å². The van der Waals surface area contributed by atoms with Crippen molar-refractivity contribution in [1.82, 2.24) is 10.6 Å². The Kier molecular flexibility index (Phi) is 5.29. The van der Waals surface area contributed by atoms with Crippen molar-refractivity contribution in [2.45, 2.75) is 53.0 Å². The third-order valence-corrected chi connectivity index (χ3v) is 2.49. The van der Waals surface area contributed by atoms with Crippen LogP contribution in [0, 0.1) is 5.41 Å². The first-order valence-electron chi connectivity index (χ1n) is 5.72. The molecule has 0 aliphatic carbocycles. The van der Waals surface area contributed by atoms with Crippen LogP contribution in [-0.4, -0.2) is 25.0 Å². The monoisotopic (exact) mass is 214 g/mol. The van der Waals surface area contributed by atoms with Gasteiger partial charge in [0.15, 0.2) is 0 Å². The molecule has 0 spiro atoms. The third kappa shape index (κ3) is 5.17. The van der Waals surface area contributed by atoms with Gasteiger partial charge in [0.05, 0.1) is 5.54 Å². The molecule has 3 heteroatoms. The molecule has 0 aliphatic rings. The van der Waals surface area contributed by atoms with Crippen molar-refractivity contribution in [3.8, 4) is 0 Å². The van der Waals surface area contributed by atoms with Crippen LogP contribution < -0.4 is 10.6 Å². The maximum absolute atomic E-state index is 11.8. The minimum absolute atomic E-state index is 0.0774. The molecular formula is C12H26N2O. The number of likely N-dealkylation sites (N-methyl/N-ethyl adjacent to an activating group) is 1. The van der Waals surface area contributed by atoms with Crippen LogP contribution in [0.3, 0.4) is 0 Å². The highest BCUT2D eigenvalue weighted by Crippen LogP contribution is 2.17. The summed E-state index contributed by atoms with van der Waals surface area (Å²) in [6, 6.07) is 0. The largest absolute Gasteiger partial charge is 0.358 e. The van der Waals surface area contributed by atoms with Gasteiger partial charge in [-0.15, -0.1) is 0 Å². The number of carbonyl (C=O) groups excluding carboxylic acids is 1. The van der Waals surface area contributed by atoms with Crippen molar-refractivity contribution in [2.24, 2.45) is 5.41 Å². The Morgan fingerprint density at radius 3 is 2.07 bits per heavy atom. The first kappa shape index (κ1) is 14.4. The number of hydrogen-bond donors (Lipinski definition) is 2. The second-order valence-corrected chi connectivity index (χ2v) is 5.58. The zero-order chi connectivity index (χ0) is 12.1. The van der Waals surface area contributed by atoms with Crippen LogP contribution in [0.2, 0.25) is 0 Å². The van der Waals surface area contributed by atoms with Gasteiger partial charge in [-0.3, -0.25) is 4.79 Å². The van der Waals surface area contributed by atoms with Gasteiger partial charge in [0.1, 0.15) is 0 Å². The van der Waals surface area contributed by atoms with Crippen molar-refractivity contribution in [2.75, 3.05) is 13.6 Å². The Labute approximate surface area is 94.0 Å². The molecule has 0 aromatic rings. The van der Waals surface area contributed by atoms with Crippen molar-refractivity contribution in [3.05, 3.63) is 0 Å². The standard InChI is InChI=1S/C12H26N2O/c1-7-8-12(5,10(15)13-6)14-9-11(2,3)4/h14H,7-9H2,1-6H3,(H,13,15). The number of rotatable bonds is 5. The van der Waals surface area contributed by atoms with E-state index in [2.05, 4.69) is 38.3 Å². The maximum Gasteiger partial charge on any atom is 0.239 e. The van der Waals surface area contributed by atoms with Gasteiger partial charge >= 0.3 is 0 Å². The van der Waals surface area contributed by atoms with Gasteiger partial charge in [-0.2, -0.15) is 0 Å². The zero-order valence-electron chi connectivity index (χ0n) is 11.0. The van der Waals surface area contributed by atoms with E-state index in [9.17, 15) is 4.79 Å². The molecule has 0 fully saturated rings. The van der Waals surface area contributed by atoms with E-state index in [0.29, 0.717) is 0 Å². The van der Waals surface area contributed by atoms with Crippen molar-refractivity contribution < 1.29 is 4.79 Å². The van der Waals surface area contributed by atoms with E-state index in [1.54, 1.807) is 7.05 Å². The van der Waals surface area contributed by atoms with Crippen LogP contribution in [0.5, 0.6) is 0 Å². The average Bonchev–Trinajstić information content (AvgIpc) is 2.13.